The van der Waals surface area contributed by atoms with Gasteiger partial charge in [-0.05, 0) is 46.5 Å². The van der Waals surface area contributed by atoms with Gasteiger partial charge < -0.3 is 28.4 Å². The van der Waals surface area contributed by atoms with Gasteiger partial charge in [-0.1, -0.05) is 133 Å². The minimum absolute atomic E-state index is 0.102. The molecule has 0 radical (unpaired) electrons. The Balaban J connectivity index is 1.34. The van der Waals surface area contributed by atoms with Crippen LogP contribution < -0.4 is 4.74 Å². The van der Waals surface area contributed by atoms with Gasteiger partial charge in [0.2, 0.25) is 0 Å². The highest BCUT2D eigenvalue weighted by Gasteiger charge is 2.52. The van der Waals surface area contributed by atoms with Crippen LogP contribution in [0.5, 0.6) is 5.75 Å². The lowest BCUT2D eigenvalue weighted by Crippen LogP contribution is -2.61. The monoisotopic (exact) mass is 676 g/mol. The van der Waals surface area contributed by atoms with E-state index in [0.717, 1.165) is 32.9 Å². The van der Waals surface area contributed by atoms with Gasteiger partial charge in [-0.15, -0.1) is 0 Å². The zero-order chi connectivity index (χ0) is 33.7. The Morgan fingerprint density at radius 1 is 0.551 bits per heavy atom. The van der Waals surface area contributed by atoms with Gasteiger partial charge in [0.15, 0.2) is 6.10 Å². The zero-order valence-corrected chi connectivity index (χ0v) is 28.2. The van der Waals surface area contributed by atoms with Crippen molar-refractivity contribution in [3.63, 3.8) is 0 Å². The summed E-state index contributed by atoms with van der Waals surface area (Å²) in [7, 11) is 1.63. The van der Waals surface area contributed by atoms with Crippen molar-refractivity contribution in [2.24, 2.45) is 0 Å². The van der Waals surface area contributed by atoms with Crippen LogP contribution >= 0.6 is 11.8 Å². The van der Waals surface area contributed by atoms with Crippen LogP contribution in [-0.4, -0.2) is 42.9 Å². The van der Waals surface area contributed by atoms with Gasteiger partial charge in [-0.25, -0.2) is 4.79 Å². The van der Waals surface area contributed by atoms with Crippen LogP contribution in [0.2, 0.25) is 0 Å². The number of ether oxygens (including phenoxy) is 6. The Bertz CT molecular complexity index is 1690. The maximum absolute atomic E-state index is 14.0. The van der Waals surface area contributed by atoms with Gasteiger partial charge >= 0.3 is 5.97 Å². The molecule has 0 saturated carbocycles. The Hall–Kier alpha value is -4.44. The van der Waals surface area contributed by atoms with Crippen molar-refractivity contribution in [1.29, 1.82) is 0 Å². The summed E-state index contributed by atoms with van der Waals surface area (Å²) in [5.74, 6) is 0.211. The van der Waals surface area contributed by atoms with Crippen molar-refractivity contribution in [2.75, 3.05) is 7.11 Å². The number of methoxy groups -OCH3 is 1. The molecule has 252 valence electrons. The third kappa shape index (κ3) is 9.81. The lowest BCUT2D eigenvalue weighted by Gasteiger charge is -2.45. The van der Waals surface area contributed by atoms with Crippen molar-refractivity contribution in [3.8, 4) is 5.75 Å². The summed E-state index contributed by atoms with van der Waals surface area (Å²) in [6.45, 7) is 0.909. The first-order valence-corrected chi connectivity index (χ1v) is 17.2. The molecule has 0 unspecified atom stereocenters. The Labute approximate surface area is 292 Å². The van der Waals surface area contributed by atoms with Gasteiger partial charge in [-0.3, -0.25) is 0 Å². The molecule has 7 nitrogen and oxygen atoms in total. The summed E-state index contributed by atoms with van der Waals surface area (Å²) in [6, 6.07) is 47.0. The fraction of sp³-hybridized carbons (Fsp3) is 0.244. The predicted octanol–water partition coefficient (Wildman–Crippen LogP) is 8.01. The number of thioether (sulfide) groups is 1. The smallest absolute Gasteiger partial charge is 0.338 e. The SMILES string of the molecule is COc1ccc(CO[C@@H]2[C@H](OCc3ccccc3)[C@@H](OCc3ccccc3)[C@H](Sc3ccccc3)O[C@@H]2C(=O)OCc2ccccc2)cc1. The topological polar surface area (TPSA) is 72.5 Å². The molecule has 0 amide bonds. The van der Waals surface area contributed by atoms with Crippen LogP contribution in [0.4, 0.5) is 0 Å². The van der Waals surface area contributed by atoms with E-state index in [0.29, 0.717) is 6.61 Å². The van der Waals surface area contributed by atoms with E-state index in [-0.39, 0.29) is 19.8 Å². The molecule has 6 rings (SSSR count). The number of benzene rings is 5. The molecule has 1 saturated heterocycles. The first-order chi connectivity index (χ1) is 24.2. The van der Waals surface area contributed by atoms with Gasteiger partial charge in [0, 0.05) is 4.90 Å². The second-order valence-corrected chi connectivity index (χ2v) is 12.8. The molecule has 1 heterocycles. The largest absolute Gasteiger partial charge is 0.497 e. The highest BCUT2D eigenvalue weighted by Crippen LogP contribution is 2.38. The van der Waals surface area contributed by atoms with E-state index in [1.54, 1.807) is 7.11 Å². The molecule has 0 aromatic heterocycles. The minimum atomic E-state index is -1.10. The Kier molecular flexibility index (Phi) is 12.5. The van der Waals surface area contributed by atoms with E-state index < -0.39 is 35.8 Å². The van der Waals surface area contributed by atoms with Crippen molar-refractivity contribution in [3.05, 3.63) is 168 Å². The van der Waals surface area contributed by atoms with Gasteiger partial charge in [-0.2, -0.15) is 0 Å². The van der Waals surface area contributed by atoms with Gasteiger partial charge in [0.05, 0.1) is 26.9 Å². The highest BCUT2D eigenvalue weighted by atomic mass is 32.2. The lowest BCUT2D eigenvalue weighted by atomic mass is 9.98. The van der Waals surface area contributed by atoms with Crippen LogP contribution in [0.1, 0.15) is 22.3 Å². The number of esters is 1. The summed E-state index contributed by atoms with van der Waals surface area (Å²) in [5, 5.41) is 0. The molecule has 8 heteroatoms. The molecule has 5 aromatic rings. The fourth-order valence-corrected chi connectivity index (χ4v) is 6.66. The first kappa shape index (κ1) is 34.4. The molecule has 0 spiro atoms. The Morgan fingerprint density at radius 3 is 1.53 bits per heavy atom. The molecular weight excluding hydrogens is 637 g/mol. The van der Waals surface area contributed by atoms with Crippen molar-refractivity contribution in [1.82, 2.24) is 0 Å². The average Bonchev–Trinajstić information content (AvgIpc) is 3.16. The molecule has 1 aliphatic heterocycles. The lowest BCUT2D eigenvalue weighted by molar-refractivity contribution is -0.250. The van der Waals surface area contributed by atoms with Crippen LogP contribution in [0.3, 0.4) is 0 Å². The highest BCUT2D eigenvalue weighted by molar-refractivity contribution is 7.99. The van der Waals surface area contributed by atoms with E-state index >= 15 is 0 Å². The quantitative estimate of drug-likeness (QED) is 0.103. The third-order valence-electron chi connectivity index (χ3n) is 8.12. The summed E-state index contributed by atoms with van der Waals surface area (Å²) < 4.78 is 38.0. The summed E-state index contributed by atoms with van der Waals surface area (Å²) in [4.78, 5) is 15.0. The molecule has 0 aliphatic carbocycles. The van der Waals surface area contributed by atoms with E-state index in [4.69, 9.17) is 28.4 Å². The van der Waals surface area contributed by atoms with E-state index in [1.807, 2.05) is 146 Å². The predicted molar refractivity (Wildman–Crippen MR) is 189 cm³/mol. The van der Waals surface area contributed by atoms with Crippen LogP contribution in [0, 0.1) is 0 Å². The first-order valence-electron chi connectivity index (χ1n) is 16.3. The molecular formula is C41H40O7S. The van der Waals surface area contributed by atoms with E-state index in [2.05, 4.69) is 0 Å². The minimum Gasteiger partial charge on any atom is -0.497 e. The number of carbonyl (C=O) groups excluding carboxylic acids is 1. The molecule has 1 aliphatic rings. The van der Waals surface area contributed by atoms with E-state index in [9.17, 15) is 4.79 Å². The second-order valence-electron chi connectivity index (χ2n) is 11.6. The number of hydrogen-bond donors (Lipinski definition) is 0. The van der Waals surface area contributed by atoms with Crippen molar-refractivity contribution < 1.29 is 33.2 Å². The summed E-state index contributed by atoms with van der Waals surface area (Å²) in [6.07, 6.45) is -3.28. The van der Waals surface area contributed by atoms with Crippen LogP contribution in [0.15, 0.2) is 150 Å². The summed E-state index contributed by atoms with van der Waals surface area (Å²) >= 11 is 1.48. The fourth-order valence-electron chi connectivity index (χ4n) is 5.53. The van der Waals surface area contributed by atoms with E-state index in [1.165, 1.54) is 11.8 Å². The summed E-state index contributed by atoms with van der Waals surface area (Å²) in [5.41, 5.74) is 3.15. The third-order valence-corrected chi connectivity index (χ3v) is 9.27. The molecule has 0 bridgehead atoms. The van der Waals surface area contributed by atoms with Crippen molar-refractivity contribution in [2.45, 2.75) is 61.2 Å². The molecule has 0 N–H and O–H groups in total. The normalized spacial score (nSPS) is 20.4. The van der Waals surface area contributed by atoms with Crippen LogP contribution in [0.25, 0.3) is 0 Å². The maximum Gasteiger partial charge on any atom is 0.338 e. The number of carbonyl (C=O) groups is 1. The number of rotatable bonds is 15. The Morgan fingerprint density at radius 2 is 1.00 bits per heavy atom. The number of hydrogen-bond acceptors (Lipinski definition) is 8. The van der Waals surface area contributed by atoms with Crippen molar-refractivity contribution >= 4 is 17.7 Å². The molecule has 1 fully saturated rings. The second kappa shape index (κ2) is 17.8. The van der Waals surface area contributed by atoms with Gasteiger partial charge in [0.25, 0.3) is 0 Å². The molecule has 5 atom stereocenters. The zero-order valence-electron chi connectivity index (χ0n) is 27.3. The standard InChI is InChI=1S/C41H40O7S/c1-43-34-24-22-33(23-25-34)28-44-36-37(45-26-30-14-6-2-7-15-30)39(46-27-31-16-8-3-9-17-31)41(49-35-20-12-5-13-21-35)48-38(36)40(42)47-29-32-18-10-4-11-19-32/h2-25,36-39,41H,26-29H2,1H3/t36-,37+,38+,39-,41+/m1/s1. The average molecular weight is 677 g/mol. The van der Waals surface area contributed by atoms with Gasteiger partial charge in [0.1, 0.15) is 36.1 Å². The maximum atomic E-state index is 14.0. The molecule has 5 aromatic carbocycles. The molecule has 49 heavy (non-hydrogen) atoms. The van der Waals surface area contributed by atoms with Crippen LogP contribution in [-0.2, 0) is 54.9 Å².